The van der Waals surface area contributed by atoms with E-state index in [4.69, 9.17) is 5.84 Å². The van der Waals surface area contributed by atoms with Crippen molar-refractivity contribution in [1.29, 1.82) is 0 Å². The molecule has 0 spiro atoms. The average molecular weight is 329 g/mol. The molecule has 118 valence electrons. The molecule has 3 atom stereocenters. The van der Waals surface area contributed by atoms with E-state index in [9.17, 15) is 8.42 Å². The maximum atomic E-state index is 11.8. The minimum absolute atomic E-state index is 0.0189. The zero-order valence-corrected chi connectivity index (χ0v) is 14.2. The number of hydrogen-bond acceptors (Lipinski definition) is 5. The average Bonchev–Trinajstić information content (AvgIpc) is 2.48. The number of thioether (sulfide) groups is 1. The summed E-state index contributed by atoms with van der Waals surface area (Å²) in [5.41, 5.74) is 4.03. The van der Waals surface area contributed by atoms with Crippen molar-refractivity contribution in [3.8, 4) is 0 Å². The second kappa shape index (κ2) is 7.13. The summed E-state index contributed by atoms with van der Waals surface area (Å²) in [6.45, 7) is 0. The first kappa shape index (κ1) is 16.8. The number of nitrogens with one attached hydrogen (secondary N) is 1. The quantitative estimate of drug-likeness (QED) is 0.494. The third-order valence-electron chi connectivity index (χ3n) is 4.40. The van der Waals surface area contributed by atoms with Crippen molar-refractivity contribution in [2.24, 2.45) is 11.8 Å². The van der Waals surface area contributed by atoms with Crippen LogP contribution in [-0.2, 0) is 9.84 Å². The van der Waals surface area contributed by atoms with Crippen LogP contribution in [0.25, 0.3) is 0 Å². The molecular formula is C15H24N2O2S2. The molecule has 1 aromatic carbocycles. The molecule has 4 nitrogen and oxygen atoms in total. The van der Waals surface area contributed by atoms with Gasteiger partial charge in [0.1, 0.15) is 9.84 Å². The highest BCUT2D eigenvalue weighted by molar-refractivity contribution is 7.98. The van der Waals surface area contributed by atoms with E-state index in [0.717, 1.165) is 24.8 Å². The molecule has 21 heavy (non-hydrogen) atoms. The zero-order chi connectivity index (χ0) is 15.5. The molecule has 1 aliphatic rings. The first-order chi connectivity index (χ1) is 9.95. The highest BCUT2D eigenvalue weighted by atomic mass is 32.2. The van der Waals surface area contributed by atoms with Crippen molar-refractivity contribution in [3.05, 3.63) is 29.8 Å². The number of rotatable bonds is 5. The second-order valence-electron chi connectivity index (χ2n) is 5.80. The summed E-state index contributed by atoms with van der Waals surface area (Å²) in [4.78, 5) is 1.21. The summed E-state index contributed by atoms with van der Waals surface area (Å²) in [7, 11) is -2.97. The fraction of sp³-hybridized carbons (Fsp3) is 0.600. The van der Waals surface area contributed by atoms with Gasteiger partial charge in [-0.3, -0.25) is 11.3 Å². The third-order valence-corrected chi connectivity index (χ3v) is 6.78. The van der Waals surface area contributed by atoms with Crippen LogP contribution in [0.3, 0.4) is 0 Å². The van der Waals surface area contributed by atoms with Crippen LogP contribution in [-0.4, -0.2) is 26.2 Å². The van der Waals surface area contributed by atoms with E-state index in [2.05, 4.69) is 29.7 Å². The van der Waals surface area contributed by atoms with Gasteiger partial charge in [-0.05, 0) is 49.1 Å². The van der Waals surface area contributed by atoms with Gasteiger partial charge in [-0.25, -0.2) is 8.42 Å². The Hall–Kier alpha value is -0.560. The van der Waals surface area contributed by atoms with Gasteiger partial charge in [-0.2, -0.15) is 0 Å². The van der Waals surface area contributed by atoms with Gasteiger partial charge < -0.3 is 0 Å². The van der Waals surface area contributed by atoms with Crippen molar-refractivity contribution in [2.75, 3.05) is 12.5 Å². The molecule has 1 aromatic rings. The Labute approximate surface area is 131 Å². The summed E-state index contributed by atoms with van der Waals surface area (Å²) in [6, 6.07) is 8.36. The van der Waals surface area contributed by atoms with E-state index in [-0.39, 0.29) is 17.2 Å². The van der Waals surface area contributed by atoms with Crippen LogP contribution >= 0.6 is 11.8 Å². The van der Waals surface area contributed by atoms with Crippen molar-refractivity contribution < 1.29 is 8.42 Å². The summed E-state index contributed by atoms with van der Waals surface area (Å²) < 4.78 is 23.6. The molecule has 0 bridgehead atoms. The molecule has 0 aromatic heterocycles. The molecule has 0 amide bonds. The molecule has 3 N–H and O–H groups in total. The number of benzene rings is 1. The molecular weight excluding hydrogens is 304 g/mol. The Bertz CT molecular complexity index is 558. The Morgan fingerprint density at radius 3 is 2.48 bits per heavy atom. The summed E-state index contributed by atoms with van der Waals surface area (Å²) in [5.74, 6) is 6.02. The predicted molar refractivity (Wildman–Crippen MR) is 88.9 cm³/mol. The van der Waals surface area contributed by atoms with E-state index < -0.39 is 9.84 Å². The molecule has 1 fully saturated rings. The Morgan fingerprint density at radius 2 is 1.95 bits per heavy atom. The first-order valence-electron chi connectivity index (χ1n) is 7.24. The van der Waals surface area contributed by atoms with Crippen LogP contribution in [0.1, 0.15) is 37.3 Å². The van der Waals surface area contributed by atoms with Gasteiger partial charge in [0.2, 0.25) is 0 Å². The van der Waals surface area contributed by atoms with Gasteiger partial charge in [0, 0.05) is 17.2 Å². The van der Waals surface area contributed by atoms with E-state index in [1.807, 2.05) is 6.26 Å². The van der Waals surface area contributed by atoms with E-state index >= 15 is 0 Å². The minimum atomic E-state index is -2.97. The van der Waals surface area contributed by atoms with Crippen LogP contribution in [0.15, 0.2) is 29.2 Å². The van der Waals surface area contributed by atoms with Gasteiger partial charge in [0.15, 0.2) is 0 Å². The summed E-state index contributed by atoms with van der Waals surface area (Å²) in [6.07, 6.45) is 6.83. The fourth-order valence-corrected chi connectivity index (χ4v) is 4.79. The SMILES string of the molecule is CSc1ccc(C(NN)C2CCCC(S(C)(=O)=O)C2)cc1. The molecule has 0 heterocycles. The molecule has 6 heteroatoms. The standard InChI is InChI=1S/C15H24N2O2S2/c1-20-13-8-6-11(7-9-13)15(17-16)12-4-3-5-14(10-12)21(2,18)19/h6-9,12,14-15,17H,3-5,10,16H2,1-2H3. The number of sulfone groups is 1. The van der Waals surface area contributed by atoms with Crippen LogP contribution in [0.2, 0.25) is 0 Å². The van der Waals surface area contributed by atoms with Crippen molar-refractivity contribution >= 4 is 21.6 Å². The molecule has 3 unspecified atom stereocenters. The Morgan fingerprint density at radius 1 is 1.29 bits per heavy atom. The van der Waals surface area contributed by atoms with Crippen LogP contribution in [0.4, 0.5) is 0 Å². The summed E-state index contributed by atoms with van der Waals surface area (Å²) >= 11 is 1.71. The summed E-state index contributed by atoms with van der Waals surface area (Å²) in [5, 5.41) is -0.224. The lowest BCUT2D eigenvalue weighted by Crippen LogP contribution is -2.38. The molecule has 1 aliphatic carbocycles. The topological polar surface area (TPSA) is 72.2 Å². The monoisotopic (exact) mass is 328 g/mol. The van der Waals surface area contributed by atoms with Crippen LogP contribution in [0, 0.1) is 5.92 Å². The fourth-order valence-electron chi connectivity index (χ4n) is 3.19. The first-order valence-corrected chi connectivity index (χ1v) is 10.4. The van der Waals surface area contributed by atoms with E-state index in [1.165, 1.54) is 11.2 Å². The molecule has 0 saturated heterocycles. The number of nitrogens with two attached hydrogens (primary N) is 1. The van der Waals surface area contributed by atoms with Crippen molar-refractivity contribution in [2.45, 2.75) is 41.9 Å². The largest absolute Gasteiger partial charge is 0.271 e. The van der Waals surface area contributed by atoms with Gasteiger partial charge in [-0.1, -0.05) is 18.6 Å². The molecule has 2 rings (SSSR count). The minimum Gasteiger partial charge on any atom is -0.271 e. The number of hydrogen-bond donors (Lipinski definition) is 2. The lowest BCUT2D eigenvalue weighted by atomic mass is 9.81. The van der Waals surface area contributed by atoms with Gasteiger partial charge in [0.05, 0.1) is 5.25 Å². The predicted octanol–water partition coefficient (Wildman–Crippen LogP) is 2.52. The normalized spacial score (nSPS) is 24.7. The van der Waals surface area contributed by atoms with Gasteiger partial charge in [-0.15, -0.1) is 11.8 Å². The molecule has 0 aliphatic heterocycles. The molecule has 1 saturated carbocycles. The van der Waals surface area contributed by atoms with Crippen molar-refractivity contribution in [3.63, 3.8) is 0 Å². The van der Waals surface area contributed by atoms with Crippen LogP contribution < -0.4 is 11.3 Å². The van der Waals surface area contributed by atoms with E-state index in [0.29, 0.717) is 6.42 Å². The maximum Gasteiger partial charge on any atom is 0.150 e. The van der Waals surface area contributed by atoms with Gasteiger partial charge >= 0.3 is 0 Å². The highest BCUT2D eigenvalue weighted by Crippen LogP contribution is 2.36. The smallest absolute Gasteiger partial charge is 0.150 e. The lowest BCUT2D eigenvalue weighted by molar-refractivity contribution is 0.274. The van der Waals surface area contributed by atoms with E-state index in [1.54, 1.807) is 11.8 Å². The third kappa shape index (κ3) is 4.22. The second-order valence-corrected chi connectivity index (χ2v) is 9.00. The Balaban J connectivity index is 2.16. The maximum absolute atomic E-state index is 11.8. The Kier molecular flexibility index (Phi) is 5.71. The zero-order valence-electron chi connectivity index (χ0n) is 12.6. The van der Waals surface area contributed by atoms with Crippen molar-refractivity contribution in [1.82, 2.24) is 5.43 Å². The van der Waals surface area contributed by atoms with Gasteiger partial charge in [0.25, 0.3) is 0 Å². The lowest BCUT2D eigenvalue weighted by Gasteiger charge is -2.33. The molecule has 0 radical (unpaired) electrons. The highest BCUT2D eigenvalue weighted by Gasteiger charge is 2.33. The number of hydrazine groups is 1. The van der Waals surface area contributed by atoms with Crippen LogP contribution in [0.5, 0.6) is 0 Å².